The molecule has 0 aromatic carbocycles. The van der Waals surface area contributed by atoms with Crippen molar-refractivity contribution in [3.8, 4) is 0 Å². The van der Waals surface area contributed by atoms with Gasteiger partial charge in [0.25, 0.3) is 0 Å². The third-order valence-electron chi connectivity index (χ3n) is 1.22. The van der Waals surface area contributed by atoms with Crippen molar-refractivity contribution in [2.24, 2.45) is 4.99 Å². The van der Waals surface area contributed by atoms with Gasteiger partial charge in [-0.2, -0.15) is 0 Å². The van der Waals surface area contributed by atoms with Crippen molar-refractivity contribution < 1.29 is 4.79 Å². The van der Waals surface area contributed by atoms with Gasteiger partial charge in [-0.1, -0.05) is 6.92 Å². The van der Waals surface area contributed by atoms with Crippen molar-refractivity contribution in [1.29, 1.82) is 0 Å². The Balaban J connectivity index is 4.21. The maximum Gasteiger partial charge on any atom is 0.194 e. The molecule has 0 aliphatic carbocycles. The number of likely N-dealkylation sites (N-methyl/N-ethyl adjacent to an activating group) is 1. The normalized spacial score (nSPS) is 11.5. The Hall–Kier alpha value is -0.860. The number of carbonyl (C=O) groups excluding carboxylic acids is 1. The second-order valence-corrected chi connectivity index (χ2v) is 2.66. The third kappa shape index (κ3) is 3.75. The summed E-state index contributed by atoms with van der Waals surface area (Å²) in [5.74, 6) is 0.593. The molecule has 0 aliphatic rings. The Labute approximate surface area is 68.1 Å². The second kappa shape index (κ2) is 4.88. The summed E-state index contributed by atoms with van der Waals surface area (Å²) in [7, 11) is 3.66. The molecule has 0 saturated carbocycles. The van der Waals surface area contributed by atoms with Gasteiger partial charge in [0, 0.05) is 27.6 Å². The van der Waals surface area contributed by atoms with Crippen LogP contribution in [0.25, 0.3) is 0 Å². The van der Waals surface area contributed by atoms with E-state index in [4.69, 9.17) is 0 Å². The molecule has 0 atom stereocenters. The van der Waals surface area contributed by atoms with Crippen LogP contribution in [0.1, 0.15) is 20.3 Å². The highest BCUT2D eigenvalue weighted by Crippen LogP contribution is 1.88. The number of hydrogen-bond acceptors (Lipinski definition) is 2. The number of aliphatic imine (C=N–C) groups is 1. The number of nitrogens with zero attached hydrogens (tertiary/aromatic N) is 2. The van der Waals surface area contributed by atoms with E-state index in [1.54, 1.807) is 4.90 Å². The molecular formula is C8H16N2O. The Morgan fingerprint density at radius 3 is 2.27 bits per heavy atom. The summed E-state index contributed by atoms with van der Waals surface area (Å²) in [6.45, 7) is 4.30. The molecule has 0 fully saturated rings. The summed E-state index contributed by atoms with van der Waals surface area (Å²) in [5, 5.41) is 0. The second-order valence-electron chi connectivity index (χ2n) is 2.66. The largest absolute Gasteiger partial charge is 0.360 e. The third-order valence-corrected chi connectivity index (χ3v) is 1.22. The molecule has 0 heterocycles. The summed E-state index contributed by atoms with van der Waals surface area (Å²) in [6, 6.07) is 0. The van der Waals surface area contributed by atoms with E-state index in [0.29, 0.717) is 5.84 Å². The lowest BCUT2D eigenvalue weighted by atomic mass is 10.4. The Kier molecular flexibility index (Phi) is 4.50. The highest BCUT2D eigenvalue weighted by atomic mass is 16.1. The maximum absolute atomic E-state index is 10.9. The van der Waals surface area contributed by atoms with Crippen LogP contribution < -0.4 is 0 Å². The predicted molar refractivity (Wildman–Crippen MR) is 47.0 cm³/mol. The molecule has 64 valence electrons. The van der Waals surface area contributed by atoms with Gasteiger partial charge in [0.15, 0.2) is 11.6 Å². The van der Waals surface area contributed by atoms with Crippen LogP contribution in [0.15, 0.2) is 4.99 Å². The molecule has 11 heavy (non-hydrogen) atoms. The molecule has 0 aliphatic heterocycles. The lowest BCUT2D eigenvalue weighted by molar-refractivity contribution is -0.111. The van der Waals surface area contributed by atoms with Crippen LogP contribution in [-0.4, -0.2) is 37.2 Å². The van der Waals surface area contributed by atoms with E-state index in [9.17, 15) is 4.79 Å². The first-order valence-corrected chi connectivity index (χ1v) is 3.82. The first-order chi connectivity index (χ1) is 5.09. The fourth-order valence-electron chi connectivity index (χ4n) is 0.785. The van der Waals surface area contributed by atoms with Crippen LogP contribution in [0.2, 0.25) is 0 Å². The molecule has 0 aromatic rings. The van der Waals surface area contributed by atoms with E-state index < -0.39 is 0 Å². The van der Waals surface area contributed by atoms with Crippen molar-refractivity contribution in [3.63, 3.8) is 0 Å². The average Bonchev–Trinajstić information content (AvgIpc) is 1.87. The SMILES string of the molecule is CCCN=C(C(C)=O)N(C)C. The molecule has 0 bridgehead atoms. The molecule has 3 heteroatoms. The van der Waals surface area contributed by atoms with E-state index in [0.717, 1.165) is 13.0 Å². The molecule has 0 amide bonds. The number of rotatable bonds is 3. The molecule has 0 unspecified atom stereocenters. The van der Waals surface area contributed by atoms with Crippen molar-refractivity contribution >= 4 is 11.6 Å². The summed E-state index contributed by atoms with van der Waals surface area (Å²) in [5.41, 5.74) is 0. The van der Waals surface area contributed by atoms with E-state index in [1.165, 1.54) is 6.92 Å². The van der Waals surface area contributed by atoms with Crippen molar-refractivity contribution in [2.75, 3.05) is 20.6 Å². The molecule has 0 aromatic heterocycles. The number of amidine groups is 1. The Bertz CT molecular complexity index is 161. The van der Waals surface area contributed by atoms with Crippen LogP contribution in [0.5, 0.6) is 0 Å². The zero-order valence-corrected chi connectivity index (χ0v) is 7.72. The smallest absolute Gasteiger partial charge is 0.194 e. The first kappa shape index (κ1) is 10.1. The zero-order chi connectivity index (χ0) is 8.85. The summed E-state index contributed by atoms with van der Waals surface area (Å²) in [4.78, 5) is 16.8. The monoisotopic (exact) mass is 156 g/mol. The minimum absolute atomic E-state index is 0.0310. The van der Waals surface area contributed by atoms with Gasteiger partial charge in [0.2, 0.25) is 0 Å². The fourth-order valence-corrected chi connectivity index (χ4v) is 0.785. The number of hydrogen-bond donors (Lipinski definition) is 0. The quantitative estimate of drug-likeness (QED) is 0.450. The maximum atomic E-state index is 10.9. The lowest BCUT2D eigenvalue weighted by Gasteiger charge is -2.12. The Morgan fingerprint density at radius 1 is 1.45 bits per heavy atom. The van der Waals surface area contributed by atoms with Crippen LogP contribution in [-0.2, 0) is 4.79 Å². The minimum atomic E-state index is 0.0310. The van der Waals surface area contributed by atoms with E-state index in [1.807, 2.05) is 21.0 Å². The predicted octanol–water partition coefficient (Wildman–Crippen LogP) is 0.946. The molecule has 0 N–H and O–H groups in total. The summed E-state index contributed by atoms with van der Waals surface area (Å²) in [6.07, 6.45) is 0.977. The van der Waals surface area contributed by atoms with Crippen molar-refractivity contribution in [1.82, 2.24) is 4.90 Å². The first-order valence-electron chi connectivity index (χ1n) is 3.82. The average molecular weight is 156 g/mol. The van der Waals surface area contributed by atoms with Gasteiger partial charge in [0.05, 0.1) is 0 Å². The van der Waals surface area contributed by atoms with Crippen LogP contribution in [0.4, 0.5) is 0 Å². The van der Waals surface area contributed by atoms with E-state index >= 15 is 0 Å². The minimum Gasteiger partial charge on any atom is -0.360 e. The molecule has 0 radical (unpaired) electrons. The van der Waals surface area contributed by atoms with Gasteiger partial charge in [-0.05, 0) is 6.42 Å². The molecular weight excluding hydrogens is 140 g/mol. The zero-order valence-electron chi connectivity index (χ0n) is 7.72. The molecule has 3 nitrogen and oxygen atoms in total. The van der Waals surface area contributed by atoms with Crippen molar-refractivity contribution in [3.05, 3.63) is 0 Å². The van der Waals surface area contributed by atoms with Crippen LogP contribution >= 0.6 is 0 Å². The number of ketones is 1. The lowest BCUT2D eigenvalue weighted by Crippen LogP contribution is -2.28. The van der Waals surface area contributed by atoms with Crippen LogP contribution in [0.3, 0.4) is 0 Å². The number of Topliss-reactive ketones (excluding diaryl/α,β-unsaturated/α-hetero) is 1. The van der Waals surface area contributed by atoms with E-state index in [2.05, 4.69) is 4.99 Å². The standard InChI is InChI=1S/C8H16N2O/c1-5-6-9-8(7(2)11)10(3)4/h5-6H2,1-4H3. The molecule has 0 spiro atoms. The fraction of sp³-hybridized carbons (Fsp3) is 0.750. The van der Waals surface area contributed by atoms with Crippen LogP contribution in [0, 0.1) is 0 Å². The highest BCUT2D eigenvalue weighted by molar-refractivity contribution is 6.37. The van der Waals surface area contributed by atoms with Gasteiger partial charge in [-0.15, -0.1) is 0 Å². The molecule has 0 saturated heterocycles. The van der Waals surface area contributed by atoms with Gasteiger partial charge in [-0.3, -0.25) is 9.79 Å². The van der Waals surface area contributed by atoms with Gasteiger partial charge < -0.3 is 4.90 Å². The van der Waals surface area contributed by atoms with Crippen molar-refractivity contribution in [2.45, 2.75) is 20.3 Å². The van der Waals surface area contributed by atoms with Gasteiger partial charge >= 0.3 is 0 Å². The van der Waals surface area contributed by atoms with Gasteiger partial charge in [-0.25, -0.2) is 0 Å². The number of carbonyl (C=O) groups is 1. The highest BCUT2D eigenvalue weighted by Gasteiger charge is 2.05. The van der Waals surface area contributed by atoms with Gasteiger partial charge in [0.1, 0.15) is 0 Å². The summed E-state index contributed by atoms with van der Waals surface area (Å²) >= 11 is 0. The van der Waals surface area contributed by atoms with E-state index in [-0.39, 0.29) is 5.78 Å². The molecule has 0 rings (SSSR count). The summed E-state index contributed by atoms with van der Waals surface area (Å²) < 4.78 is 0. The topological polar surface area (TPSA) is 32.7 Å². The Morgan fingerprint density at radius 2 is 2.00 bits per heavy atom.